The molecule has 1 amide bonds. The van der Waals surface area contributed by atoms with Crippen molar-refractivity contribution >= 4 is 5.91 Å². The molecule has 2 aromatic rings. The molecule has 0 radical (unpaired) electrons. The highest BCUT2D eigenvalue weighted by Gasteiger charge is 2.21. The van der Waals surface area contributed by atoms with Gasteiger partial charge in [-0.05, 0) is 49.4 Å². The van der Waals surface area contributed by atoms with Crippen LogP contribution in [0.15, 0.2) is 42.6 Å². The zero-order valence-corrected chi connectivity index (χ0v) is 16.7. The predicted octanol–water partition coefficient (Wildman–Crippen LogP) is 5.35. The molecule has 1 aliphatic carbocycles. The van der Waals surface area contributed by atoms with E-state index >= 15 is 0 Å². The Bertz CT molecular complexity index is 696. The molecule has 2 N–H and O–H groups in total. The van der Waals surface area contributed by atoms with Crippen LogP contribution in [0.4, 0.5) is 0 Å². The summed E-state index contributed by atoms with van der Waals surface area (Å²) in [5, 5.41) is 12.5. The number of carbonyl (C=O) groups is 1. The van der Waals surface area contributed by atoms with E-state index in [4.69, 9.17) is 0 Å². The summed E-state index contributed by atoms with van der Waals surface area (Å²) >= 11 is 0. The van der Waals surface area contributed by atoms with Crippen molar-refractivity contribution in [3.8, 4) is 16.9 Å². The zero-order chi connectivity index (χ0) is 19.6. The van der Waals surface area contributed by atoms with Crippen molar-refractivity contribution in [3.63, 3.8) is 0 Å². The number of rotatable bonds is 5. The molecule has 1 aliphatic rings. The van der Waals surface area contributed by atoms with E-state index in [1.54, 1.807) is 18.3 Å². The van der Waals surface area contributed by atoms with Gasteiger partial charge >= 0.3 is 0 Å². The molecule has 1 aromatic heterocycles. The Kier molecular flexibility index (Phi) is 8.31. The standard InChI is InChI=1S/C21H26N2O2.C2H6.H2/c1-15(16-5-3-2-4-6-16)23-21(25)13-19-10-7-18(14-22-19)17-8-11-20(24)12-9-17;1-2;/h7-12,14-16,24H,2-6,13H2,1H3,(H,23,25);1-2H3;1H/t15-;;/m1../s1. The van der Waals surface area contributed by atoms with Crippen LogP contribution < -0.4 is 5.32 Å². The summed E-state index contributed by atoms with van der Waals surface area (Å²) in [6.45, 7) is 6.12. The molecule has 1 aromatic carbocycles. The van der Waals surface area contributed by atoms with E-state index in [0.29, 0.717) is 12.3 Å². The zero-order valence-electron chi connectivity index (χ0n) is 16.7. The van der Waals surface area contributed by atoms with E-state index in [0.717, 1.165) is 16.8 Å². The van der Waals surface area contributed by atoms with Gasteiger partial charge in [0, 0.05) is 24.9 Å². The van der Waals surface area contributed by atoms with Gasteiger partial charge in [0.15, 0.2) is 0 Å². The number of nitrogens with one attached hydrogen (secondary N) is 1. The third-order valence-corrected chi connectivity index (χ3v) is 5.11. The molecule has 27 heavy (non-hydrogen) atoms. The Labute approximate surface area is 164 Å². The minimum absolute atomic E-state index is 0. The highest BCUT2D eigenvalue weighted by molar-refractivity contribution is 5.78. The summed E-state index contributed by atoms with van der Waals surface area (Å²) in [6, 6.07) is 11.1. The molecule has 0 aliphatic heterocycles. The predicted molar refractivity (Wildman–Crippen MR) is 113 cm³/mol. The Morgan fingerprint density at radius 2 is 1.74 bits per heavy atom. The molecule has 1 fully saturated rings. The van der Waals surface area contributed by atoms with E-state index in [1.165, 1.54) is 32.1 Å². The highest BCUT2D eigenvalue weighted by atomic mass is 16.3. The topological polar surface area (TPSA) is 62.2 Å². The third kappa shape index (κ3) is 6.38. The van der Waals surface area contributed by atoms with Gasteiger partial charge in [0.2, 0.25) is 5.91 Å². The SMILES string of the molecule is CC.C[C@@H](NC(=O)Cc1ccc(-c2ccc(O)cc2)cn1)C1CCCCC1.[HH]. The number of nitrogens with zero attached hydrogens (tertiary/aromatic N) is 1. The fourth-order valence-electron chi connectivity index (χ4n) is 3.58. The summed E-state index contributed by atoms with van der Waals surface area (Å²) in [5.74, 6) is 0.905. The van der Waals surface area contributed by atoms with Gasteiger partial charge in [0.05, 0.1) is 6.42 Å². The van der Waals surface area contributed by atoms with Crippen molar-refractivity contribution in [1.82, 2.24) is 10.3 Å². The van der Waals surface area contributed by atoms with Gasteiger partial charge in [-0.2, -0.15) is 0 Å². The van der Waals surface area contributed by atoms with Crippen LogP contribution >= 0.6 is 0 Å². The van der Waals surface area contributed by atoms with Gasteiger partial charge in [-0.3, -0.25) is 9.78 Å². The van der Waals surface area contributed by atoms with Gasteiger partial charge in [-0.25, -0.2) is 0 Å². The minimum atomic E-state index is 0. The number of phenols is 1. The first-order chi connectivity index (χ1) is 13.1. The lowest BCUT2D eigenvalue weighted by Crippen LogP contribution is -2.39. The lowest BCUT2D eigenvalue weighted by Gasteiger charge is -2.28. The Hall–Kier alpha value is -2.36. The number of benzene rings is 1. The van der Waals surface area contributed by atoms with E-state index in [1.807, 2.05) is 38.1 Å². The number of pyridine rings is 1. The Morgan fingerprint density at radius 1 is 1.11 bits per heavy atom. The number of amides is 1. The fraction of sp³-hybridized carbons (Fsp3) is 0.478. The monoisotopic (exact) mass is 370 g/mol. The smallest absolute Gasteiger partial charge is 0.226 e. The number of aromatic hydroxyl groups is 1. The molecule has 4 nitrogen and oxygen atoms in total. The van der Waals surface area contributed by atoms with Crippen molar-refractivity contribution in [2.45, 2.75) is 65.3 Å². The number of hydrogen-bond donors (Lipinski definition) is 2. The molecule has 0 bridgehead atoms. The summed E-state index contributed by atoms with van der Waals surface area (Å²) in [6.07, 6.45) is 8.43. The maximum Gasteiger partial charge on any atom is 0.226 e. The van der Waals surface area contributed by atoms with Crippen LogP contribution in [0, 0.1) is 5.92 Å². The normalized spacial score (nSPS) is 15.4. The van der Waals surface area contributed by atoms with Gasteiger partial charge in [-0.1, -0.05) is 51.3 Å². The molecular formula is C23H34N2O2. The lowest BCUT2D eigenvalue weighted by molar-refractivity contribution is -0.121. The summed E-state index contributed by atoms with van der Waals surface area (Å²) in [4.78, 5) is 16.7. The van der Waals surface area contributed by atoms with Crippen LogP contribution in [0.1, 0.15) is 60.0 Å². The lowest BCUT2D eigenvalue weighted by atomic mass is 9.84. The molecule has 0 saturated heterocycles. The first-order valence-corrected chi connectivity index (χ1v) is 10.2. The quantitative estimate of drug-likeness (QED) is 0.745. The van der Waals surface area contributed by atoms with Crippen LogP contribution in [-0.4, -0.2) is 22.0 Å². The first kappa shape index (κ1) is 20.9. The van der Waals surface area contributed by atoms with E-state index in [2.05, 4.69) is 17.2 Å². The third-order valence-electron chi connectivity index (χ3n) is 5.11. The summed E-state index contributed by atoms with van der Waals surface area (Å²) in [7, 11) is 0. The van der Waals surface area contributed by atoms with Crippen LogP contribution in [0.5, 0.6) is 5.75 Å². The molecule has 4 heteroatoms. The van der Waals surface area contributed by atoms with Gasteiger partial charge < -0.3 is 10.4 Å². The number of hydrogen-bond acceptors (Lipinski definition) is 3. The summed E-state index contributed by atoms with van der Waals surface area (Å²) in [5.41, 5.74) is 2.74. The van der Waals surface area contributed by atoms with Gasteiger partial charge in [0.25, 0.3) is 0 Å². The number of aromatic nitrogens is 1. The second kappa shape index (κ2) is 10.7. The highest BCUT2D eigenvalue weighted by Crippen LogP contribution is 2.26. The maximum absolute atomic E-state index is 12.3. The molecular weight excluding hydrogens is 336 g/mol. The molecule has 148 valence electrons. The van der Waals surface area contributed by atoms with Crippen molar-refractivity contribution in [3.05, 3.63) is 48.3 Å². The van der Waals surface area contributed by atoms with Crippen molar-refractivity contribution in [1.29, 1.82) is 0 Å². The Morgan fingerprint density at radius 3 is 2.33 bits per heavy atom. The van der Waals surface area contributed by atoms with Crippen LogP contribution in [0.2, 0.25) is 0 Å². The average molecular weight is 371 g/mol. The van der Waals surface area contributed by atoms with E-state index in [9.17, 15) is 9.90 Å². The summed E-state index contributed by atoms with van der Waals surface area (Å²) < 4.78 is 0. The van der Waals surface area contributed by atoms with Gasteiger partial charge in [0.1, 0.15) is 5.75 Å². The molecule has 1 saturated carbocycles. The second-order valence-electron chi connectivity index (χ2n) is 7.02. The fourth-order valence-corrected chi connectivity index (χ4v) is 3.58. The van der Waals surface area contributed by atoms with Crippen LogP contribution in [-0.2, 0) is 11.2 Å². The number of phenolic OH excluding ortho intramolecular Hbond substituents is 1. The first-order valence-electron chi connectivity index (χ1n) is 10.2. The van der Waals surface area contributed by atoms with E-state index in [-0.39, 0.29) is 19.1 Å². The molecule has 1 atom stereocenters. The maximum atomic E-state index is 12.3. The average Bonchev–Trinajstić information content (AvgIpc) is 2.71. The molecule has 0 unspecified atom stereocenters. The van der Waals surface area contributed by atoms with Crippen LogP contribution in [0.25, 0.3) is 11.1 Å². The molecule has 0 spiro atoms. The molecule has 3 rings (SSSR count). The second-order valence-corrected chi connectivity index (χ2v) is 7.02. The van der Waals surface area contributed by atoms with Crippen molar-refractivity contribution in [2.75, 3.05) is 0 Å². The minimum Gasteiger partial charge on any atom is -0.508 e. The van der Waals surface area contributed by atoms with E-state index < -0.39 is 0 Å². The van der Waals surface area contributed by atoms with Crippen LogP contribution in [0.3, 0.4) is 0 Å². The largest absolute Gasteiger partial charge is 0.508 e. The Balaban J connectivity index is 0.00000127. The van der Waals surface area contributed by atoms with Gasteiger partial charge in [-0.15, -0.1) is 0 Å². The molecule has 1 heterocycles. The van der Waals surface area contributed by atoms with Crippen molar-refractivity contribution in [2.24, 2.45) is 5.92 Å². The van der Waals surface area contributed by atoms with Crippen molar-refractivity contribution < 1.29 is 11.3 Å². The number of carbonyl (C=O) groups excluding carboxylic acids is 1.